The smallest absolute Gasteiger partial charge is 0.307 e. The van der Waals surface area contributed by atoms with E-state index in [-0.39, 0.29) is 37.4 Å². The van der Waals surface area contributed by atoms with E-state index in [1.165, 1.54) is 0 Å². The lowest BCUT2D eigenvalue weighted by atomic mass is 9.89. The van der Waals surface area contributed by atoms with Gasteiger partial charge in [-0.1, -0.05) is 13.8 Å². The van der Waals surface area contributed by atoms with Crippen molar-refractivity contribution in [3.8, 4) is 6.07 Å². The highest BCUT2D eigenvalue weighted by atomic mass is 16.5. The Morgan fingerprint density at radius 1 is 1.69 bits per heavy atom. The molecule has 5 heteroatoms. The molecule has 0 aromatic heterocycles. The SMILES string of the molecule is CC1(C)CC(CC(=O)OCCC#N)NC1=O. The second-order valence-corrected chi connectivity index (χ2v) is 4.59. The molecule has 1 fully saturated rings. The van der Waals surface area contributed by atoms with Crippen LogP contribution in [0.1, 0.15) is 33.1 Å². The van der Waals surface area contributed by atoms with Crippen LogP contribution in [0.25, 0.3) is 0 Å². The molecular formula is C11H16N2O3. The summed E-state index contributed by atoms with van der Waals surface area (Å²) in [6, 6.07) is 1.75. The van der Waals surface area contributed by atoms with E-state index in [4.69, 9.17) is 10.00 Å². The summed E-state index contributed by atoms with van der Waals surface area (Å²) >= 11 is 0. The minimum Gasteiger partial charge on any atom is -0.465 e. The predicted molar refractivity (Wildman–Crippen MR) is 56.1 cm³/mol. The topological polar surface area (TPSA) is 79.2 Å². The van der Waals surface area contributed by atoms with Crippen LogP contribution in [0.2, 0.25) is 0 Å². The lowest BCUT2D eigenvalue weighted by Crippen LogP contribution is -2.30. The second-order valence-electron chi connectivity index (χ2n) is 4.59. The van der Waals surface area contributed by atoms with Gasteiger partial charge in [0.15, 0.2) is 0 Å². The minimum atomic E-state index is -0.405. The molecule has 1 heterocycles. The maximum atomic E-state index is 11.4. The number of carbonyl (C=O) groups is 2. The lowest BCUT2D eigenvalue weighted by Gasteiger charge is -2.12. The van der Waals surface area contributed by atoms with Crippen molar-refractivity contribution in [3.05, 3.63) is 0 Å². The number of nitrogens with one attached hydrogen (secondary N) is 1. The Labute approximate surface area is 94.8 Å². The Morgan fingerprint density at radius 2 is 2.38 bits per heavy atom. The van der Waals surface area contributed by atoms with Gasteiger partial charge in [0.1, 0.15) is 6.61 Å². The molecule has 1 unspecified atom stereocenters. The fourth-order valence-electron chi connectivity index (χ4n) is 1.73. The van der Waals surface area contributed by atoms with Gasteiger partial charge in [-0.25, -0.2) is 0 Å². The molecule has 1 aliphatic rings. The fourth-order valence-corrected chi connectivity index (χ4v) is 1.73. The average Bonchev–Trinajstić information content (AvgIpc) is 2.40. The molecule has 1 N–H and O–H groups in total. The highest BCUT2D eigenvalue weighted by Gasteiger charge is 2.39. The quantitative estimate of drug-likeness (QED) is 0.564. The van der Waals surface area contributed by atoms with Crippen molar-refractivity contribution in [3.63, 3.8) is 0 Å². The Balaban J connectivity index is 2.32. The van der Waals surface area contributed by atoms with Gasteiger partial charge in [-0.15, -0.1) is 0 Å². The van der Waals surface area contributed by atoms with Crippen LogP contribution in [0.5, 0.6) is 0 Å². The third kappa shape index (κ3) is 3.23. The first-order chi connectivity index (χ1) is 7.45. The number of ether oxygens (including phenoxy) is 1. The number of carbonyl (C=O) groups excluding carboxylic acids is 2. The van der Waals surface area contributed by atoms with Crippen LogP contribution >= 0.6 is 0 Å². The van der Waals surface area contributed by atoms with E-state index >= 15 is 0 Å². The van der Waals surface area contributed by atoms with Crippen molar-refractivity contribution in [2.75, 3.05) is 6.61 Å². The minimum absolute atomic E-state index is 0.0256. The van der Waals surface area contributed by atoms with E-state index < -0.39 is 5.41 Å². The molecule has 0 saturated carbocycles. The zero-order valence-electron chi connectivity index (χ0n) is 9.58. The lowest BCUT2D eigenvalue weighted by molar-refractivity contribution is -0.143. The van der Waals surface area contributed by atoms with E-state index in [9.17, 15) is 9.59 Å². The van der Waals surface area contributed by atoms with E-state index in [2.05, 4.69) is 5.32 Å². The van der Waals surface area contributed by atoms with Crippen LogP contribution in [0.15, 0.2) is 0 Å². The number of hydrogen-bond acceptors (Lipinski definition) is 4. The molecule has 0 aliphatic carbocycles. The molecule has 0 bridgehead atoms. The van der Waals surface area contributed by atoms with E-state index in [0.717, 1.165) is 0 Å². The van der Waals surface area contributed by atoms with Gasteiger partial charge < -0.3 is 10.1 Å². The van der Waals surface area contributed by atoms with Crippen molar-refractivity contribution >= 4 is 11.9 Å². The predicted octanol–water partition coefficient (Wildman–Crippen LogP) is 0.748. The number of amides is 1. The molecule has 0 radical (unpaired) electrons. The van der Waals surface area contributed by atoms with Gasteiger partial charge in [0.25, 0.3) is 0 Å². The molecule has 0 aromatic carbocycles. The van der Waals surface area contributed by atoms with Gasteiger partial charge in [-0.2, -0.15) is 5.26 Å². The molecule has 5 nitrogen and oxygen atoms in total. The fraction of sp³-hybridized carbons (Fsp3) is 0.727. The number of hydrogen-bond donors (Lipinski definition) is 1. The average molecular weight is 224 g/mol. The van der Waals surface area contributed by atoms with Crippen LogP contribution in [-0.4, -0.2) is 24.5 Å². The van der Waals surface area contributed by atoms with Crippen molar-refractivity contribution in [2.45, 2.75) is 39.2 Å². The Morgan fingerprint density at radius 3 is 2.88 bits per heavy atom. The second kappa shape index (κ2) is 4.97. The van der Waals surface area contributed by atoms with Crippen molar-refractivity contribution in [1.29, 1.82) is 5.26 Å². The number of nitriles is 1. The monoisotopic (exact) mass is 224 g/mol. The summed E-state index contributed by atoms with van der Waals surface area (Å²) < 4.78 is 4.84. The zero-order chi connectivity index (χ0) is 12.2. The first kappa shape index (κ1) is 12.5. The van der Waals surface area contributed by atoms with E-state index in [0.29, 0.717) is 6.42 Å². The molecule has 1 aliphatic heterocycles. The highest BCUT2D eigenvalue weighted by molar-refractivity contribution is 5.85. The maximum absolute atomic E-state index is 11.4. The Kier molecular flexibility index (Phi) is 3.88. The molecule has 1 rings (SSSR count). The molecule has 16 heavy (non-hydrogen) atoms. The molecule has 0 aromatic rings. The molecular weight excluding hydrogens is 208 g/mol. The first-order valence-electron chi connectivity index (χ1n) is 5.29. The normalized spacial score (nSPS) is 22.3. The summed E-state index contributed by atoms with van der Waals surface area (Å²) in [5.74, 6) is -0.388. The Bertz CT molecular complexity index is 331. The summed E-state index contributed by atoms with van der Waals surface area (Å²) in [6.45, 7) is 3.83. The van der Waals surface area contributed by atoms with E-state index in [1.807, 2.05) is 19.9 Å². The first-order valence-corrected chi connectivity index (χ1v) is 5.29. The van der Waals surface area contributed by atoms with Crippen molar-refractivity contribution in [2.24, 2.45) is 5.41 Å². The van der Waals surface area contributed by atoms with E-state index in [1.54, 1.807) is 0 Å². The van der Waals surface area contributed by atoms with Crippen LogP contribution in [0.3, 0.4) is 0 Å². The summed E-state index contributed by atoms with van der Waals surface area (Å²) in [5, 5.41) is 11.0. The van der Waals surface area contributed by atoms with Crippen LogP contribution in [-0.2, 0) is 14.3 Å². The number of nitrogens with zero attached hydrogens (tertiary/aromatic N) is 1. The third-order valence-corrected chi connectivity index (χ3v) is 2.60. The van der Waals surface area contributed by atoms with Gasteiger partial charge in [0.05, 0.1) is 18.9 Å². The van der Waals surface area contributed by atoms with Gasteiger partial charge in [0.2, 0.25) is 5.91 Å². The van der Waals surface area contributed by atoms with Crippen LogP contribution < -0.4 is 5.32 Å². The molecule has 1 atom stereocenters. The van der Waals surface area contributed by atoms with Crippen molar-refractivity contribution in [1.82, 2.24) is 5.32 Å². The van der Waals surface area contributed by atoms with Gasteiger partial charge in [-0.05, 0) is 6.42 Å². The summed E-state index contributed by atoms with van der Waals surface area (Å²) in [5.41, 5.74) is -0.405. The van der Waals surface area contributed by atoms with Crippen LogP contribution in [0, 0.1) is 16.7 Å². The number of rotatable bonds is 4. The standard InChI is InChI=1S/C11H16N2O3/c1-11(2)7-8(13-10(11)15)6-9(14)16-5-3-4-12/h8H,3,5-7H2,1-2H3,(H,13,15). The number of esters is 1. The third-order valence-electron chi connectivity index (χ3n) is 2.60. The molecule has 1 amide bonds. The highest BCUT2D eigenvalue weighted by Crippen LogP contribution is 2.29. The maximum Gasteiger partial charge on any atom is 0.307 e. The van der Waals surface area contributed by atoms with Crippen molar-refractivity contribution < 1.29 is 14.3 Å². The summed E-state index contributed by atoms with van der Waals surface area (Å²) in [4.78, 5) is 22.8. The molecule has 0 spiro atoms. The molecule has 1 saturated heterocycles. The Hall–Kier alpha value is -1.57. The summed E-state index contributed by atoms with van der Waals surface area (Å²) in [7, 11) is 0. The van der Waals surface area contributed by atoms with Gasteiger partial charge in [-0.3, -0.25) is 9.59 Å². The van der Waals surface area contributed by atoms with Crippen LogP contribution in [0.4, 0.5) is 0 Å². The summed E-state index contributed by atoms with van der Waals surface area (Å²) in [6.07, 6.45) is 1.02. The zero-order valence-corrected chi connectivity index (χ0v) is 9.58. The van der Waals surface area contributed by atoms with Gasteiger partial charge in [0, 0.05) is 11.5 Å². The largest absolute Gasteiger partial charge is 0.465 e. The molecule has 88 valence electrons. The van der Waals surface area contributed by atoms with Gasteiger partial charge >= 0.3 is 5.97 Å².